The van der Waals surface area contributed by atoms with Crippen molar-refractivity contribution in [3.63, 3.8) is 0 Å². The zero-order valence-corrected chi connectivity index (χ0v) is 30.9. The van der Waals surface area contributed by atoms with Crippen molar-refractivity contribution in [2.75, 3.05) is 20.3 Å². The SMILES string of the molecule is COC(=O)[C@]1(C)OC2C(OC(C)=O)[C@H](O[C@@H]3OC(COC(C)=O)[C@H](OC(C)=O)[C@H](OC(C)=O)C3OC(C)=O)[C@H](COC(=O)Oc3ccc([N+](=O)[O-])cc3)O[C@@H]2O1. The van der Waals surface area contributed by atoms with E-state index in [1.165, 1.54) is 6.92 Å². The Bertz CT molecular complexity index is 1670. The summed E-state index contributed by atoms with van der Waals surface area (Å²) in [6.45, 7) is 4.91. The molecule has 11 atom stereocenters. The van der Waals surface area contributed by atoms with Crippen molar-refractivity contribution in [3.8, 4) is 5.75 Å². The molecule has 1 aromatic rings. The van der Waals surface area contributed by atoms with E-state index in [0.29, 0.717) is 0 Å². The summed E-state index contributed by atoms with van der Waals surface area (Å²) >= 11 is 0. The van der Waals surface area contributed by atoms with Crippen molar-refractivity contribution in [3.05, 3.63) is 34.4 Å². The Labute approximate surface area is 317 Å². The van der Waals surface area contributed by atoms with Crippen LogP contribution >= 0.6 is 0 Å². The molecule has 0 N–H and O–H groups in total. The number of carbonyl (C=O) groups excluding carboxylic acids is 7. The number of benzene rings is 1. The van der Waals surface area contributed by atoms with Crippen LogP contribution in [0.5, 0.6) is 5.75 Å². The number of ether oxygens (including phenoxy) is 13. The molecule has 3 aliphatic heterocycles. The highest BCUT2D eigenvalue weighted by atomic mass is 16.9. The maximum Gasteiger partial charge on any atom is 0.513 e. The molecule has 0 spiro atoms. The zero-order chi connectivity index (χ0) is 41.5. The summed E-state index contributed by atoms with van der Waals surface area (Å²) in [5, 5.41) is 11.0. The normalized spacial score (nSPS) is 30.7. The van der Waals surface area contributed by atoms with Crippen molar-refractivity contribution in [2.45, 2.75) is 109 Å². The number of non-ortho nitro benzene ring substituents is 1. The molecular weight excluding hydrogens is 762 g/mol. The molecule has 3 aliphatic rings. The van der Waals surface area contributed by atoms with Crippen molar-refractivity contribution in [1.82, 2.24) is 0 Å². The van der Waals surface area contributed by atoms with Gasteiger partial charge in [-0.2, -0.15) is 0 Å². The van der Waals surface area contributed by atoms with Crippen molar-refractivity contribution in [1.29, 1.82) is 0 Å². The minimum absolute atomic E-state index is 0.144. The maximum absolute atomic E-state index is 12.8. The van der Waals surface area contributed by atoms with Crippen LogP contribution in [0.3, 0.4) is 0 Å². The molecule has 0 saturated carbocycles. The van der Waals surface area contributed by atoms with Crippen LogP contribution in [0.2, 0.25) is 0 Å². The fraction of sp³-hybridized carbons (Fsp3) is 0.606. The lowest BCUT2D eigenvalue weighted by atomic mass is 9.96. The summed E-state index contributed by atoms with van der Waals surface area (Å²) in [5.74, 6) is -7.79. The summed E-state index contributed by atoms with van der Waals surface area (Å²) in [5.41, 5.74) is -0.285. The smallest absolute Gasteiger partial charge is 0.465 e. The van der Waals surface area contributed by atoms with Crippen molar-refractivity contribution < 1.29 is 100 Å². The molecule has 4 rings (SSSR count). The number of nitro benzene ring substituents is 1. The summed E-state index contributed by atoms with van der Waals surface area (Å²) < 4.78 is 72.1. The van der Waals surface area contributed by atoms with Crippen LogP contribution in [0.1, 0.15) is 41.5 Å². The van der Waals surface area contributed by atoms with Gasteiger partial charge >= 0.3 is 42.0 Å². The quantitative estimate of drug-likeness (QED) is 0.0865. The molecule has 23 nitrogen and oxygen atoms in total. The van der Waals surface area contributed by atoms with Gasteiger partial charge in [-0.3, -0.25) is 34.1 Å². The van der Waals surface area contributed by atoms with E-state index in [0.717, 1.165) is 66.0 Å². The third kappa shape index (κ3) is 10.8. The molecule has 0 aromatic heterocycles. The van der Waals surface area contributed by atoms with Crippen molar-refractivity contribution >= 4 is 47.7 Å². The average Bonchev–Trinajstić information content (AvgIpc) is 3.46. The van der Waals surface area contributed by atoms with Crippen LogP contribution in [-0.2, 0) is 85.6 Å². The van der Waals surface area contributed by atoms with Crippen LogP contribution in [0, 0.1) is 10.1 Å². The number of fused-ring (bicyclic) bond motifs is 1. The Kier molecular flexibility index (Phi) is 14.2. The van der Waals surface area contributed by atoms with Gasteiger partial charge in [0.2, 0.25) is 0 Å². The lowest BCUT2D eigenvalue weighted by Gasteiger charge is -2.47. The fourth-order valence-electron chi connectivity index (χ4n) is 5.88. The molecule has 4 unspecified atom stereocenters. The number of rotatable bonds is 13. The fourth-order valence-corrected chi connectivity index (χ4v) is 5.88. The lowest BCUT2D eigenvalue weighted by molar-refractivity contribution is -0.384. The maximum atomic E-state index is 12.8. The first-order chi connectivity index (χ1) is 26.3. The monoisotopic (exact) mass is 801 g/mol. The zero-order valence-electron chi connectivity index (χ0n) is 30.9. The van der Waals surface area contributed by atoms with Gasteiger partial charge in [0.25, 0.3) is 11.5 Å². The Morgan fingerprint density at radius 2 is 1.23 bits per heavy atom. The molecule has 308 valence electrons. The first-order valence-electron chi connectivity index (χ1n) is 16.6. The van der Waals surface area contributed by atoms with Gasteiger partial charge in [0.05, 0.1) is 12.0 Å². The van der Waals surface area contributed by atoms with Gasteiger partial charge < -0.3 is 61.6 Å². The summed E-state index contributed by atoms with van der Waals surface area (Å²) in [4.78, 5) is 97.2. The summed E-state index contributed by atoms with van der Waals surface area (Å²) in [6.07, 6.45) is -17.5. The second kappa shape index (κ2) is 18.4. The second-order valence-electron chi connectivity index (χ2n) is 12.3. The van der Waals surface area contributed by atoms with E-state index in [1.54, 1.807) is 0 Å². The van der Waals surface area contributed by atoms with E-state index in [4.69, 9.17) is 61.6 Å². The molecule has 56 heavy (non-hydrogen) atoms. The first-order valence-corrected chi connectivity index (χ1v) is 16.6. The largest absolute Gasteiger partial charge is 0.513 e. The van der Waals surface area contributed by atoms with E-state index in [-0.39, 0.29) is 11.4 Å². The van der Waals surface area contributed by atoms with Gasteiger partial charge in [-0.05, 0) is 12.1 Å². The van der Waals surface area contributed by atoms with E-state index in [1.807, 2.05) is 0 Å². The molecule has 23 heteroatoms. The molecule has 1 aromatic carbocycles. The van der Waals surface area contributed by atoms with Gasteiger partial charge in [0.15, 0.2) is 43.1 Å². The minimum atomic E-state index is -2.13. The van der Waals surface area contributed by atoms with Gasteiger partial charge in [-0.25, -0.2) is 9.59 Å². The number of carbonyl (C=O) groups is 7. The van der Waals surface area contributed by atoms with Crippen LogP contribution < -0.4 is 4.74 Å². The third-order valence-electron chi connectivity index (χ3n) is 8.01. The van der Waals surface area contributed by atoms with Crippen LogP contribution in [0.15, 0.2) is 24.3 Å². The number of methoxy groups -OCH3 is 1. The average molecular weight is 802 g/mol. The van der Waals surface area contributed by atoms with Crippen LogP contribution in [-0.4, -0.2) is 134 Å². The number of nitrogens with zero attached hydrogens (tertiary/aromatic N) is 1. The number of nitro groups is 1. The predicted molar refractivity (Wildman–Crippen MR) is 172 cm³/mol. The molecule has 3 heterocycles. The molecule has 0 amide bonds. The molecule has 3 saturated heterocycles. The van der Waals surface area contributed by atoms with Gasteiger partial charge in [-0.1, -0.05) is 0 Å². The van der Waals surface area contributed by atoms with Crippen LogP contribution in [0.25, 0.3) is 0 Å². The van der Waals surface area contributed by atoms with Gasteiger partial charge in [-0.15, -0.1) is 0 Å². The Morgan fingerprint density at radius 3 is 1.79 bits per heavy atom. The number of hydrogen-bond acceptors (Lipinski definition) is 22. The Balaban J connectivity index is 1.75. The number of hydrogen-bond donors (Lipinski definition) is 0. The number of esters is 6. The minimum Gasteiger partial charge on any atom is -0.465 e. The highest BCUT2D eigenvalue weighted by Gasteiger charge is 2.62. The first kappa shape index (κ1) is 43.2. The Morgan fingerprint density at radius 1 is 0.696 bits per heavy atom. The molecule has 0 radical (unpaired) electrons. The molecular formula is C33H39NO22. The van der Waals surface area contributed by atoms with E-state index in [9.17, 15) is 43.7 Å². The molecule has 0 aliphatic carbocycles. The topological polar surface area (TPSA) is 283 Å². The molecule has 0 bridgehead atoms. The summed E-state index contributed by atoms with van der Waals surface area (Å²) in [7, 11) is 1.05. The van der Waals surface area contributed by atoms with Crippen LogP contribution in [0.4, 0.5) is 10.5 Å². The lowest BCUT2D eigenvalue weighted by Crippen LogP contribution is -2.66. The highest BCUT2D eigenvalue weighted by molar-refractivity contribution is 5.77. The molecule has 3 fully saturated rings. The summed E-state index contributed by atoms with van der Waals surface area (Å²) in [6, 6.07) is 4.41. The second-order valence-corrected chi connectivity index (χ2v) is 12.3. The third-order valence-corrected chi connectivity index (χ3v) is 8.01. The van der Waals surface area contributed by atoms with Gasteiger partial charge in [0.1, 0.15) is 37.3 Å². The highest BCUT2D eigenvalue weighted by Crippen LogP contribution is 2.41. The Hall–Kier alpha value is -5.49. The van der Waals surface area contributed by atoms with E-state index in [2.05, 4.69) is 0 Å². The predicted octanol–water partition coefficient (Wildman–Crippen LogP) is 0.540. The van der Waals surface area contributed by atoms with Crippen molar-refractivity contribution in [2.24, 2.45) is 0 Å². The van der Waals surface area contributed by atoms with E-state index < -0.39 is 127 Å². The standard InChI is InChI=1S/C33H39NO22/c1-14(35)45-12-21-23(47-15(2)36)25(48-16(3)37)27(50-18(5)39)29(52-21)54-24-22(13-46-32(41)51-20-10-8-19(9-11-20)34(42)43)53-30-28(26(24)49-17(4)38)55-33(6,56-30)31(40)44-7/h8-11,21-30H,12-13H2,1-7H3/t21?,22-,23-,24+,25-,26?,27?,28?,29-,30+,33+/m0/s1. The van der Waals surface area contributed by atoms with Gasteiger partial charge in [0, 0.05) is 53.7 Å². The van der Waals surface area contributed by atoms with E-state index >= 15 is 0 Å².